The van der Waals surface area contributed by atoms with Gasteiger partial charge >= 0.3 is 7.12 Å². The fourth-order valence-corrected chi connectivity index (χ4v) is 1.21. The van der Waals surface area contributed by atoms with Gasteiger partial charge in [-0.3, -0.25) is 0 Å². The second-order valence-corrected chi connectivity index (χ2v) is 3.62. The molecule has 0 aliphatic carbocycles. The summed E-state index contributed by atoms with van der Waals surface area (Å²) in [5.41, 5.74) is 0. The first-order valence-corrected chi connectivity index (χ1v) is 5.98. The fourth-order valence-electron chi connectivity index (χ4n) is 1.21. The van der Waals surface area contributed by atoms with Crippen molar-refractivity contribution in [3.8, 4) is 5.97 Å². The zero-order valence-corrected chi connectivity index (χ0v) is 10.00. The lowest BCUT2D eigenvalue weighted by Gasteiger charge is -2.07. The van der Waals surface area contributed by atoms with Crippen molar-refractivity contribution in [1.82, 2.24) is 0 Å². The van der Waals surface area contributed by atoms with E-state index in [0.29, 0.717) is 13.2 Å². The minimum atomic E-state index is -0.668. The lowest BCUT2D eigenvalue weighted by Crippen LogP contribution is -2.22. The molecule has 0 saturated carbocycles. The van der Waals surface area contributed by atoms with Crippen LogP contribution in [0.4, 0.5) is 0 Å². The molecule has 4 heteroatoms. The quantitative estimate of drug-likeness (QED) is 0.412. The lowest BCUT2D eigenvalue weighted by atomic mass is 9.94. The summed E-state index contributed by atoms with van der Waals surface area (Å²) in [5.74, 6) is 2.01. The van der Waals surface area contributed by atoms with E-state index < -0.39 is 7.12 Å². The molecule has 0 rings (SSSR count). The summed E-state index contributed by atoms with van der Waals surface area (Å²) in [5, 5.41) is 8.74. The van der Waals surface area contributed by atoms with Gasteiger partial charge in [-0.2, -0.15) is 0 Å². The third-order valence-corrected chi connectivity index (χ3v) is 2.14. The van der Waals surface area contributed by atoms with Crippen LogP contribution in [-0.4, -0.2) is 20.3 Å². The largest absolute Gasteiger partial charge is 0.578 e. The summed E-state index contributed by atoms with van der Waals surface area (Å²) in [6.07, 6.45) is 6.64. The molecule has 0 aliphatic rings. The van der Waals surface area contributed by atoms with Crippen molar-refractivity contribution in [2.45, 2.75) is 52.4 Å². The molecule has 0 N–H and O–H groups in total. The van der Waals surface area contributed by atoms with Gasteiger partial charge in [-0.1, -0.05) is 39.5 Å². The van der Waals surface area contributed by atoms with Gasteiger partial charge < -0.3 is 9.31 Å². The van der Waals surface area contributed by atoms with Crippen LogP contribution in [0.1, 0.15) is 52.4 Å². The molecule has 0 bridgehead atoms. The Morgan fingerprint density at radius 2 is 1.40 bits per heavy atom. The van der Waals surface area contributed by atoms with Crippen molar-refractivity contribution in [3.05, 3.63) is 0 Å². The van der Waals surface area contributed by atoms with Gasteiger partial charge in [0.05, 0.1) is 5.97 Å². The highest BCUT2D eigenvalue weighted by Gasteiger charge is 2.16. The van der Waals surface area contributed by atoms with Gasteiger partial charge in [0, 0.05) is 13.2 Å². The highest BCUT2D eigenvalue weighted by molar-refractivity contribution is 6.53. The zero-order chi connectivity index (χ0) is 11.4. The van der Waals surface area contributed by atoms with Crippen molar-refractivity contribution in [2.24, 2.45) is 0 Å². The molecule has 0 spiro atoms. The molecule has 0 aromatic heterocycles. The van der Waals surface area contributed by atoms with Gasteiger partial charge in [-0.15, -0.1) is 0 Å². The number of hydrogen-bond acceptors (Lipinski definition) is 3. The first-order chi connectivity index (χ1) is 7.35. The van der Waals surface area contributed by atoms with Gasteiger partial charge in [0.15, 0.2) is 0 Å². The van der Waals surface area contributed by atoms with Crippen molar-refractivity contribution in [2.75, 3.05) is 13.2 Å². The van der Waals surface area contributed by atoms with Crippen LogP contribution in [0.2, 0.25) is 0 Å². The van der Waals surface area contributed by atoms with E-state index in [4.69, 9.17) is 14.6 Å². The molecule has 15 heavy (non-hydrogen) atoms. The molecular formula is C11H22BNO2. The minimum Gasteiger partial charge on any atom is -0.399 e. The summed E-state index contributed by atoms with van der Waals surface area (Å²) in [7, 11) is -0.668. The normalized spacial score (nSPS) is 9.93. The van der Waals surface area contributed by atoms with Crippen LogP contribution >= 0.6 is 0 Å². The number of rotatable bonds is 10. The summed E-state index contributed by atoms with van der Waals surface area (Å²) >= 11 is 0. The molecule has 0 atom stereocenters. The van der Waals surface area contributed by atoms with E-state index in [1.807, 2.05) is 5.97 Å². The molecule has 0 radical (unpaired) electrons. The smallest absolute Gasteiger partial charge is 0.399 e. The van der Waals surface area contributed by atoms with Crippen LogP contribution in [0.25, 0.3) is 0 Å². The molecule has 0 unspecified atom stereocenters. The van der Waals surface area contributed by atoms with E-state index in [0.717, 1.165) is 38.5 Å². The Kier molecular flexibility index (Phi) is 11.1. The predicted molar refractivity (Wildman–Crippen MR) is 62.3 cm³/mol. The van der Waals surface area contributed by atoms with E-state index in [-0.39, 0.29) is 0 Å². The second-order valence-electron chi connectivity index (χ2n) is 3.62. The molecule has 0 saturated heterocycles. The van der Waals surface area contributed by atoms with E-state index in [1.54, 1.807) is 0 Å². The van der Waals surface area contributed by atoms with Gasteiger partial charge in [0.2, 0.25) is 0 Å². The van der Waals surface area contributed by atoms with Gasteiger partial charge in [0.25, 0.3) is 0 Å². The maximum Gasteiger partial charge on any atom is 0.578 e. The summed E-state index contributed by atoms with van der Waals surface area (Å²) < 4.78 is 10.6. The molecule has 0 aliphatic heterocycles. The number of hydrogen-bond donors (Lipinski definition) is 0. The third kappa shape index (κ3) is 9.77. The highest BCUT2D eigenvalue weighted by atomic mass is 16.6. The molecule has 0 aromatic carbocycles. The highest BCUT2D eigenvalue weighted by Crippen LogP contribution is 1.99. The Hall–Kier alpha value is -0.525. The Morgan fingerprint density at radius 1 is 0.933 bits per heavy atom. The second kappa shape index (κ2) is 11.5. The van der Waals surface area contributed by atoms with Crippen LogP contribution < -0.4 is 0 Å². The van der Waals surface area contributed by atoms with E-state index >= 15 is 0 Å². The van der Waals surface area contributed by atoms with Crippen molar-refractivity contribution in [1.29, 1.82) is 5.26 Å². The molecule has 0 fully saturated rings. The Bertz CT molecular complexity index is 158. The van der Waals surface area contributed by atoms with Crippen LogP contribution in [0.15, 0.2) is 0 Å². The topological polar surface area (TPSA) is 42.2 Å². The fraction of sp³-hybridized carbons (Fsp3) is 0.909. The maximum atomic E-state index is 8.74. The molecule has 0 amide bonds. The molecule has 0 aromatic rings. The number of nitriles is 1. The zero-order valence-electron chi connectivity index (χ0n) is 10.00. The first kappa shape index (κ1) is 14.5. The number of unbranched alkanes of at least 4 members (excludes halogenated alkanes) is 4. The van der Waals surface area contributed by atoms with E-state index in [9.17, 15) is 0 Å². The Labute approximate surface area is 93.9 Å². The van der Waals surface area contributed by atoms with Crippen LogP contribution in [0, 0.1) is 11.2 Å². The summed E-state index contributed by atoms with van der Waals surface area (Å²) in [4.78, 5) is 0. The summed E-state index contributed by atoms with van der Waals surface area (Å²) in [6, 6.07) is 0. The first-order valence-electron chi connectivity index (χ1n) is 5.98. The van der Waals surface area contributed by atoms with Crippen molar-refractivity contribution in [3.63, 3.8) is 0 Å². The molecule has 86 valence electrons. The van der Waals surface area contributed by atoms with Gasteiger partial charge in [-0.05, 0) is 12.8 Å². The van der Waals surface area contributed by atoms with E-state index in [1.165, 1.54) is 0 Å². The molecule has 3 nitrogen and oxygen atoms in total. The minimum absolute atomic E-state index is 0.625. The third-order valence-electron chi connectivity index (χ3n) is 2.14. The van der Waals surface area contributed by atoms with E-state index in [2.05, 4.69) is 13.8 Å². The van der Waals surface area contributed by atoms with Crippen molar-refractivity contribution >= 4 is 7.12 Å². The maximum absolute atomic E-state index is 8.74. The predicted octanol–water partition coefficient (Wildman–Crippen LogP) is 2.95. The molecule has 0 heterocycles. The van der Waals surface area contributed by atoms with Crippen molar-refractivity contribution < 1.29 is 9.31 Å². The van der Waals surface area contributed by atoms with Gasteiger partial charge in [-0.25, -0.2) is 5.26 Å². The SMILES string of the molecule is CCCCCOB(C#N)OCCCCC. The Morgan fingerprint density at radius 3 is 1.73 bits per heavy atom. The summed E-state index contributed by atoms with van der Waals surface area (Å²) in [6.45, 7) is 5.53. The van der Waals surface area contributed by atoms with Gasteiger partial charge in [0.1, 0.15) is 0 Å². The standard InChI is InChI=1S/C11H22BNO2/c1-3-5-7-9-14-12(11-13)15-10-8-6-4-2/h3-10H2,1-2H3. The van der Waals surface area contributed by atoms with Crippen LogP contribution in [0.3, 0.4) is 0 Å². The van der Waals surface area contributed by atoms with Crippen LogP contribution in [0.5, 0.6) is 0 Å². The number of nitrogens with zero attached hydrogens (tertiary/aromatic N) is 1. The monoisotopic (exact) mass is 211 g/mol. The lowest BCUT2D eigenvalue weighted by molar-refractivity contribution is 0.201. The Balaban J connectivity index is 3.35. The molecular weight excluding hydrogens is 189 g/mol. The van der Waals surface area contributed by atoms with Crippen LogP contribution in [-0.2, 0) is 9.31 Å². The average Bonchev–Trinajstić information content (AvgIpc) is 2.27. The average molecular weight is 211 g/mol.